The van der Waals surface area contributed by atoms with Gasteiger partial charge < -0.3 is 20.1 Å². The number of Topliss-reactive ketones (excluding diaryl/α,β-unsaturated/α-hetero) is 1. The maximum absolute atomic E-state index is 11.9. The fourth-order valence-electron chi connectivity index (χ4n) is 8.36. The summed E-state index contributed by atoms with van der Waals surface area (Å²) < 4.78 is 11.7. The van der Waals surface area contributed by atoms with Gasteiger partial charge in [0.1, 0.15) is 5.78 Å². The van der Waals surface area contributed by atoms with E-state index in [9.17, 15) is 9.59 Å². The third kappa shape index (κ3) is 6.18. The van der Waals surface area contributed by atoms with Gasteiger partial charge in [-0.1, -0.05) is 59.6 Å². The van der Waals surface area contributed by atoms with E-state index in [1.165, 1.54) is 11.1 Å². The zero-order valence-electron chi connectivity index (χ0n) is 29.0. The summed E-state index contributed by atoms with van der Waals surface area (Å²) in [5.74, 6) is 1.68. The van der Waals surface area contributed by atoms with E-state index >= 15 is 0 Å². The van der Waals surface area contributed by atoms with Crippen LogP contribution in [0.15, 0.2) is 48.5 Å². The molecule has 9 nitrogen and oxygen atoms in total. The second-order valence-corrected chi connectivity index (χ2v) is 14.9. The molecular weight excluding hydrogens is 685 g/mol. The van der Waals surface area contributed by atoms with Gasteiger partial charge in [0, 0.05) is 83.5 Å². The maximum atomic E-state index is 11.9. The molecular formula is C40H41Cl2N5O4. The van der Waals surface area contributed by atoms with Gasteiger partial charge in [0.2, 0.25) is 17.7 Å². The highest BCUT2D eigenvalue weighted by atomic mass is 35.5. The number of aryl methyl sites for hydroxylation is 2. The van der Waals surface area contributed by atoms with Crippen molar-refractivity contribution < 1.29 is 19.1 Å². The van der Waals surface area contributed by atoms with Crippen LogP contribution >= 0.6 is 23.2 Å². The first-order chi connectivity index (χ1) is 24.7. The van der Waals surface area contributed by atoms with Gasteiger partial charge in [0.25, 0.3) is 0 Å². The van der Waals surface area contributed by atoms with Gasteiger partial charge in [0.05, 0.1) is 35.7 Å². The molecule has 2 aliphatic carbocycles. The summed E-state index contributed by atoms with van der Waals surface area (Å²) in [6.45, 7) is 3.96. The Morgan fingerprint density at radius 3 is 1.98 bits per heavy atom. The van der Waals surface area contributed by atoms with Gasteiger partial charge in [-0.05, 0) is 62.3 Å². The van der Waals surface area contributed by atoms with Crippen molar-refractivity contribution in [2.75, 3.05) is 33.9 Å². The molecule has 51 heavy (non-hydrogen) atoms. The van der Waals surface area contributed by atoms with Gasteiger partial charge in [0.15, 0.2) is 0 Å². The van der Waals surface area contributed by atoms with Gasteiger partial charge in [-0.25, -0.2) is 9.97 Å². The van der Waals surface area contributed by atoms with Crippen LogP contribution in [0.3, 0.4) is 0 Å². The lowest BCUT2D eigenvalue weighted by Gasteiger charge is -2.42. The SMILES string of the molecule is COc1nc(-c2cccc(-c3cccc(-c4cc5c(c(OC)n4)[C@H](NC[C@@H]4CCC(=O)N4)CC5)c3Cl)c2Cl)cc2c1[C@H](N1CC(C(C)=O)C1)CC2. The molecule has 2 aromatic heterocycles. The Morgan fingerprint density at radius 1 is 0.843 bits per heavy atom. The molecule has 2 saturated heterocycles. The number of carbonyl (C=O) groups excluding carboxylic acids is 2. The molecule has 4 aromatic rings. The molecule has 1 amide bonds. The topological polar surface area (TPSA) is 106 Å². The van der Waals surface area contributed by atoms with E-state index in [1.807, 2.05) is 36.4 Å². The number of nitrogens with zero attached hydrogens (tertiary/aromatic N) is 3. The Bertz CT molecular complexity index is 2050. The average molecular weight is 727 g/mol. The number of aromatic nitrogens is 2. The Hall–Kier alpha value is -4.02. The van der Waals surface area contributed by atoms with Crippen LogP contribution in [0.1, 0.15) is 66.9 Å². The summed E-state index contributed by atoms with van der Waals surface area (Å²) in [6, 6.07) is 16.6. The molecule has 8 rings (SSSR count). The maximum Gasteiger partial charge on any atom is 0.220 e. The summed E-state index contributed by atoms with van der Waals surface area (Å²) in [4.78, 5) is 35.8. The number of halogens is 2. The molecule has 0 bridgehead atoms. The number of ether oxygens (including phenoxy) is 2. The van der Waals surface area contributed by atoms with Crippen LogP contribution in [-0.2, 0) is 22.4 Å². The van der Waals surface area contributed by atoms with Gasteiger partial charge in [-0.15, -0.1) is 0 Å². The molecule has 2 aromatic carbocycles. The second kappa shape index (κ2) is 13.8. The Balaban J connectivity index is 1.09. The smallest absolute Gasteiger partial charge is 0.220 e. The highest BCUT2D eigenvalue weighted by Crippen LogP contribution is 2.47. The number of benzene rings is 2. The number of ketones is 1. The lowest BCUT2D eigenvalue weighted by Crippen LogP contribution is -2.50. The molecule has 11 heteroatoms. The Kier molecular flexibility index (Phi) is 9.25. The van der Waals surface area contributed by atoms with E-state index in [0.29, 0.717) is 34.8 Å². The van der Waals surface area contributed by atoms with Crippen LogP contribution < -0.4 is 20.1 Å². The molecule has 4 aliphatic rings. The molecule has 4 heterocycles. The molecule has 0 saturated carbocycles. The van der Waals surface area contributed by atoms with Gasteiger partial charge >= 0.3 is 0 Å². The van der Waals surface area contributed by atoms with Crippen LogP contribution in [0.2, 0.25) is 10.0 Å². The van der Waals surface area contributed by atoms with E-state index in [-0.39, 0.29) is 35.7 Å². The summed E-state index contributed by atoms with van der Waals surface area (Å²) in [6.07, 6.45) is 5.12. The Labute approximate surface area is 308 Å². The number of carbonyl (C=O) groups is 2. The van der Waals surface area contributed by atoms with Crippen molar-refractivity contribution in [2.24, 2.45) is 5.92 Å². The summed E-state index contributed by atoms with van der Waals surface area (Å²) >= 11 is 14.5. The standard InChI is InChI=1S/C40H41Cl2N5O4/c1-21(48)24-19-47(20-24)33-14-11-23-17-32(46-40(51-3)36(23)33)29-9-5-7-27(38(29)42)26-6-4-8-28(37(26)41)31-16-22-10-13-30(35(22)39(45-31)50-2)43-18-25-12-15-34(49)44-25/h4-9,16-17,24-25,30,33,43H,10-15,18-20H2,1-3H3,(H,44,49)/t25-,30+,33+/m0/s1. The third-order valence-corrected chi connectivity index (χ3v) is 12.0. The molecule has 2 N–H and O–H groups in total. The summed E-state index contributed by atoms with van der Waals surface area (Å²) in [7, 11) is 3.31. The van der Waals surface area contributed by atoms with Gasteiger partial charge in [-0.3, -0.25) is 14.5 Å². The fraction of sp³-hybridized carbons (Fsp3) is 0.400. The third-order valence-electron chi connectivity index (χ3n) is 11.1. The highest BCUT2D eigenvalue weighted by Gasteiger charge is 2.40. The quantitative estimate of drug-likeness (QED) is 0.177. The van der Waals surface area contributed by atoms with Crippen molar-refractivity contribution in [2.45, 2.75) is 63.6 Å². The first kappa shape index (κ1) is 34.1. The zero-order valence-corrected chi connectivity index (χ0v) is 30.5. The molecule has 0 unspecified atom stereocenters. The van der Waals surface area contributed by atoms with Crippen molar-refractivity contribution in [1.29, 1.82) is 0 Å². The predicted octanol–water partition coefficient (Wildman–Crippen LogP) is 7.17. The monoisotopic (exact) mass is 725 g/mol. The van der Waals surface area contributed by atoms with E-state index < -0.39 is 0 Å². The predicted molar refractivity (Wildman–Crippen MR) is 198 cm³/mol. The normalized spacial score (nSPS) is 21.3. The largest absolute Gasteiger partial charge is 0.481 e. The van der Waals surface area contributed by atoms with Crippen molar-refractivity contribution in [3.05, 3.63) is 80.8 Å². The zero-order chi connectivity index (χ0) is 35.4. The number of methoxy groups -OCH3 is 2. The number of fused-ring (bicyclic) bond motifs is 2. The highest BCUT2D eigenvalue weighted by molar-refractivity contribution is 6.39. The van der Waals surface area contributed by atoms with Crippen LogP contribution in [0.25, 0.3) is 33.6 Å². The van der Waals surface area contributed by atoms with Crippen molar-refractivity contribution in [1.82, 2.24) is 25.5 Å². The number of hydrogen-bond acceptors (Lipinski definition) is 8. The summed E-state index contributed by atoms with van der Waals surface area (Å²) in [5.41, 5.74) is 9.25. The number of amides is 1. The fourth-order valence-corrected chi connectivity index (χ4v) is 9.01. The van der Waals surface area contributed by atoms with Crippen molar-refractivity contribution in [3.8, 4) is 45.4 Å². The number of pyridine rings is 2. The van der Waals surface area contributed by atoms with Crippen LogP contribution in [0.4, 0.5) is 0 Å². The second-order valence-electron chi connectivity index (χ2n) is 14.1. The van der Waals surface area contributed by atoms with E-state index in [1.54, 1.807) is 21.1 Å². The number of likely N-dealkylation sites (tertiary alicyclic amines) is 1. The number of nitrogens with one attached hydrogen (secondary N) is 2. The molecule has 264 valence electrons. The van der Waals surface area contributed by atoms with Crippen LogP contribution in [0, 0.1) is 5.92 Å². The minimum atomic E-state index is 0.101. The van der Waals surface area contributed by atoms with E-state index in [2.05, 4.69) is 27.7 Å². The van der Waals surface area contributed by atoms with E-state index in [0.717, 1.165) is 90.0 Å². The molecule has 3 atom stereocenters. The molecule has 2 fully saturated rings. The lowest BCUT2D eigenvalue weighted by atomic mass is 9.92. The first-order valence-electron chi connectivity index (χ1n) is 17.7. The molecule has 2 aliphatic heterocycles. The number of rotatable bonds is 10. The van der Waals surface area contributed by atoms with Crippen molar-refractivity contribution >= 4 is 34.9 Å². The molecule has 0 radical (unpaired) electrons. The van der Waals surface area contributed by atoms with Crippen LogP contribution in [-0.4, -0.2) is 66.5 Å². The van der Waals surface area contributed by atoms with Crippen LogP contribution in [0.5, 0.6) is 11.8 Å². The number of hydrogen-bond donors (Lipinski definition) is 2. The Morgan fingerprint density at radius 2 is 1.41 bits per heavy atom. The lowest BCUT2D eigenvalue weighted by molar-refractivity contribution is -0.127. The summed E-state index contributed by atoms with van der Waals surface area (Å²) in [5, 5.41) is 7.78. The molecule has 0 spiro atoms. The minimum absolute atomic E-state index is 0.101. The van der Waals surface area contributed by atoms with Gasteiger partial charge in [-0.2, -0.15) is 0 Å². The van der Waals surface area contributed by atoms with Crippen molar-refractivity contribution in [3.63, 3.8) is 0 Å². The average Bonchev–Trinajstić information content (AvgIpc) is 3.84. The minimum Gasteiger partial charge on any atom is -0.481 e. The first-order valence-corrected chi connectivity index (χ1v) is 18.5. The van der Waals surface area contributed by atoms with E-state index in [4.69, 9.17) is 42.6 Å².